The number of quaternary nitrogens is 1. The van der Waals surface area contributed by atoms with Gasteiger partial charge >= 0.3 is 17.9 Å². The SMILES string of the molecule is CC/C=C/C/C=C/C/C=C/C/C=C/CCCCCCCCCCCCC(=O)OC(COCCC(C(=O)O)[N+](C)(C)C)COC(=O)CCCCCCCCCCCC/C=C/C/C=C/C/C=C/CC. The maximum Gasteiger partial charge on any atom is 0.362 e. The number of ether oxygens (including phenoxy) is 3. The number of unbranched alkanes of at least 4 members (excludes halogenated alkanes) is 20. The van der Waals surface area contributed by atoms with E-state index >= 15 is 0 Å². The van der Waals surface area contributed by atoms with Gasteiger partial charge in [-0.25, -0.2) is 4.79 Å². The molecule has 0 saturated heterocycles. The van der Waals surface area contributed by atoms with E-state index in [1.807, 2.05) is 21.1 Å². The van der Waals surface area contributed by atoms with Crippen molar-refractivity contribution in [1.29, 1.82) is 0 Å². The summed E-state index contributed by atoms with van der Waals surface area (Å²) in [5.74, 6) is -1.48. The minimum Gasteiger partial charge on any atom is -0.477 e. The van der Waals surface area contributed by atoms with Crippen LogP contribution in [-0.2, 0) is 28.6 Å². The van der Waals surface area contributed by atoms with Crippen LogP contribution in [0.15, 0.2) is 85.1 Å². The third-order valence-electron chi connectivity index (χ3n) is 11.8. The fourth-order valence-corrected chi connectivity index (χ4v) is 7.69. The number of carbonyl (C=O) groups excluding carboxylic acids is 2. The van der Waals surface area contributed by atoms with Gasteiger partial charge in [0.25, 0.3) is 0 Å². The van der Waals surface area contributed by atoms with Crippen molar-refractivity contribution in [2.75, 3.05) is 41.0 Å². The van der Waals surface area contributed by atoms with Gasteiger partial charge in [0.05, 0.1) is 34.4 Å². The van der Waals surface area contributed by atoms with Crippen LogP contribution < -0.4 is 0 Å². The monoisotopic (exact) mass is 937 g/mol. The molecule has 1 N–H and O–H groups in total. The summed E-state index contributed by atoms with van der Waals surface area (Å²) in [6, 6.07) is -0.621. The molecule has 0 aliphatic carbocycles. The van der Waals surface area contributed by atoms with Crippen LogP contribution in [0.3, 0.4) is 0 Å². The summed E-state index contributed by atoms with van der Waals surface area (Å²) < 4.78 is 17.4. The van der Waals surface area contributed by atoms with E-state index in [1.54, 1.807) is 0 Å². The number of carboxylic acids is 1. The van der Waals surface area contributed by atoms with Gasteiger partial charge in [-0.15, -0.1) is 0 Å². The zero-order valence-corrected chi connectivity index (χ0v) is 43.8. The van der Waals surface area contributed by atoms with Crippen LogP contribution in [0, 0.1) is 0 Å². The lowest BCUT2D eigenvalue weighted by atomic mass is 10.0. The molecule has 0 amide bonds. The molecular weight excluding hydrogens is 835 g/mol. The van der Waals surface area contributed by atoms with Gasteiger partial charge in [-0.3, -0.25) is 9.59 Å². The molecule has 2 unspecified atom stereocenters. The Bertz CT molecular complexity index is 1370. The van der Waals surface area contributed by atoms with Gasteiger partial charge in [0.1, 0.15) is 6.61 Å². The first-order valence-corrected chi connectivity index (χ1v) is 27.1. The molecule has 0 aliphatic heterocycles. The van der Waals surface area contributed by atoms with Crippen molar-refractivity contribution in [2.45, 2.75) is 231 Å². The Balaban J connectivity index is 4.22. The summed E-state index contributed by atoms with van der Waals surface area (Å²) in [6.07, 6.45) is 64.9. The van der Waals surface area contributed by atoms with E-state index in [4.69, 9.17) is 14.2 Å². The Kier molecular flexibility index (Phi) is 46.4. The van der Waals surface area contributed by atoms with Gasteiger partial charge in [-0.05, 0) is 83.5 Å². The molecule has 0 saturated carbocycles. The van der Waals surface area contributed by atoms with Crippen molar-refractivity contribution in [3.05, 3.63) is 85.1 Å². The van der Waals surface area contributed by atoms with Gasteiger partial charge in [0.2, 0.25) is 0 Å². The molecular formula is C59H102NO7+. The molecule has 0 fully saturated rings. The molecule has 384 valence electrons. The van der Waals surface area contributed by atoms with Crippen LogP contribution in [0.5, 0.6) is 0 Å². The summed E-state index contributed by atoms with van der Waals surface area (Å²) in [4.78, 5) is 37.3. The zero-order valence-electron chi connectivity index (χ0n) is 43.8. The summed E-state index contributed by atoms with van der Waals surface area (Å²) in [7, 11) is 5.53. The molecule has 0 heterocycles. The molecule has 67 heavy (non-hydrogen) atoms. The number of hydrogen-bond acceptors (Lipinski definition) is 6. The van der Waals surface area contributed by atoms with E-state index in [0.29, 0.717) is 19.3 Å². The van der Waals surface area contributed by atoms with Crippen molar-refractivity contribution in [1.82, 2.24) is 0 Å². The summed E-state index contributed by atoms with van der Waals surface area (Å²) in [6.45, 7) is 4.52. The predicted molar refractivity (Wildman–Crippen MR) is 284 cm³/mol. The fourth-order valence-electron chi connectivity index (χ4n) is 7.69. The van der Waals surface area contributed by atoms with Crippen LogP contribution in [0.1, 0.15) is 219 Å². The second kappa shape index (κ2) is 48.9. The second-order valence-corrected chi connectivity index (χ2v) is 19.1. The molecule has 0 bridgehead atoms. The average molecular weight is 937 g/mol. The quantitative estimate of drug-likeness (QED) is 0.0281. The standard InChI is InChI=1S/C59H101NO7/c1-6-8-10-12-14-16-18-20-22-24-26-28-29-30-32-34-36-38-40-42-44-46-48-50-58(62)67-55(53-65-52-51-56(59(63)64)60(3,4)5)54-66-57(61)49-47-45-43-41-39-37-35-33-31-27-25-23-21-19-17-15-13-11-9-7-2/h8-11,14-17,20-23,26,28,55-56H,6-7,12-13,18-19,24-25,27,29-54H2,1-5H3/p+1/b10-8+,11-9+,16-14+,17-15+,22-20+,23-21+,28-26+. The maximum absolute atomic E-state index is 12.8. The molecule has 0 aromatic carbocycles. The lowest BCUT2D eigenvalue weighted by Gasteiger charge is -2.31. The highest BCUT2D eigenvalue weighted by atomic mass is 16.6. The van der Waals surface area contributed by atoms with Crippen LogP contribution in [0.4, 0.5) is 0 Å². The highest BCUT2D eigenvalue weighted by molar-refractivity contribution is 5.72. The molecule has 8 heteroatoms. The first kappa shape index (κ1) is 63.5. The molecule has 0 spiro atoms. The van der Waals surface area contributed by atoms with Crippen molar-refractivity contribution in [2.24, 2.45) is 0 Å². The van der Waals surface area contributed by atoms with Crippen molar-refractivity contribution < 1.29 is 38.2 Å². The molecule has 0 aromatic rings. The number of nitrogens with zero attached hydrogens (tertiary/aromatic N) is 1. The Labute approximate surface area is 412 Å². The van der Waals surface area contributed by atoms with Crippen LogP contribution in [-0.4, -0.2) is 80.6 Å². The van der Waals surface area contributed by atoms with Crippen molar-refractivity contribution >= 4 is 17.9 Å². The van der Waals surface area contributed by atoms with E-state index in [0.717, 1.165) is 83.5 Å². The van der Waals surface area contributed by atoms with Crippen LogP contribution in [0.2, 0.25) is 0 Å². The van der Waals surface area contributed by atoms with Gasteiger partial charge < -0.3 is 23.8 Å². The Morgan fingerprint density at radius 1 is 0.448 bits per heavy atom. The molecule has 0 radical (unpaired) electrons. The number of carboxylic acid groups (broad SMARTS) is 1. The van der Waals surface area contributed by atoms with E-state index in [9.17, 15) is 19.5 Å². The van der Waals surface area contributed by atoms with Crippen LogP contribution in [0.25, 0.3) is 0 Å². The predicted octanol–water partition coefficient (Wildman–Crippen LogP) is 16.0. The molecule has 8 nitrogen and oxygen atoms in total. The minimum atomic E-state index is -0.877. The Morgan fingerprint density at radius 2 is 0.791 bits per heavy atom. The van der Waals surface area contributed by atoms with Crippen LogP contribution >= 0.6 is 0 Å². The number of carbonyl (C=O) groups is 3. The van der Waals surface area contributed by atoms with Gasteiger partial charge in [-0.1, -0.05) is 202 Å². The maximum atomic E-state index is 12.8. The topological polar surface area (TPSA) is 99.1 Å². The Morgan fingerprint density at radius 3 is 1.16 bits per heavy atom. The smallest absolute Gasteiger partial charge is 0.362 e. The average Bonchev–Trinajstić information content (AvgIpc) is 3.29. The lowest BCUT2D eigenvalue weighted by molar-refractivity contribution is -0.887. The van der Waals surface area contributed by atoms with E-state index in [2.05, 4.69) is 98.9 Å². The normalized spacial score (nSPS) is 13.5. The Hall–Kier alpha value is -3.49. The molecule has 0 rings (SSSR count). The summed E-state index contributed by atoms with van der Waals surface area (Å²) >= 11 is 0. The zero-order chi connectivity index (χ0) is 49.2. The van der Waals surface area contributed by atoms with Crippen molar-refractivity contribution in [3.8, 4) is 0 Å². The van der Waals surface area contributed by atoms with Crippen molar-refractivity contribution in [3.63, 3.8) is 0 Å². The fraction of sp³-hybridized carbons (Fsp3) is 0.712. The lowest BCUT2D eigenvalue weighted by Crippen LogP contribution is -2.50. The van der Waals surface area contributed by atoms with E-state index in [1.165, 1.54) is 103 Å². The highest BCUT2D eigenvalue weighted by Crippen LogP contribution is 2.15. The van der Waals surface area contributed by atoms with E-state index < -0.39 is 18.1 Å². The third-order valence-corrected chi connectivity index (χ3v) is 11.8. The summed E-state index contributed by atoms with van der Waals surface area (Å²) in [5, 5.41) is 9.67. The molecule has 0 aliphatic rings. The second-order valence-electron chi connectivity index (χ2n) is 19.1. The minimum absolute atomic E-state index is 0.0550. The van der Waals surface area contributed by atoms with E-state index in [-0.39, 0.29) is 36.2 Å². The molecule has 2 atom stereocenters. The first-order valence-electron chi connectivity index (χ1n) is 27.1. The number of allylic oxidation sites excluding steroid dienone is 14. The number of likely N-dealkylation sites (N-methyl/N-ethyl adjacent to an activating group) is 1. The number of aliphatic carboxylic acids is 1. The first-order chi connectivity index (χ1) is 32.6. The molecule has 0 aromatic heterocycles. The number of esters is 2. The van der Waals surface area contributed by atoms with Gasteiger partial charge in [-0.2, -0.15) is 0 Å². The van der Waals surface area contributed by atoms with Gasteiger partial charge in [0, 0.05) is 19.3 Å². The third kappa shape index (κ3) is 47.4. The number of rotatable bonds is 48. The van der Waals surface area contributed by atoms with Gasteiger partial charge in [0.15, 0.2) is 12.1 Å². The summed E-state index contributed by atoms with van der Waals surface area (Å²) in [5.41, 5.74) is 0. The number of hydrogen-bond donors (Lipinski definition) is 1. The largest absolute Gasteiger partial charge is 0.477 e. The highest BCUT2D eigenvalue weighted by Gasteiger charge is 2.31.